The number of hydrogen-bond donors (Lipinski definition) is 1. The van der Waals surface area contributed by atoms with Crippen LogP contribution < -0.4 is 5.32 Å². The number of anilines is 1. The monoisotopic (exact) mass is 241 g/mol. The highest BCUT2D eigenvalue weighted by molar-refractivity contribution is 6.29. The molecule has 0 aromatic carbocycles. The summed E-state index contributed by atoms with van der Waals surface area (Å²) in [6.07, 6.45) is 0.703. The van der Waals surface area contributed by atoms with Crippen molar-refractivity contribution in [2.75, 3.05) is 11.9 Å². The Morgan fingerprint density at radius 3 is 2.94 bits per heavy atom. The van der Waals surface area contributed by atoms with Crippen LogP contribution in [0.1, 0.15) is 13.3 Å². The minimum atomic E-state index is -0.113. The molecule has 0 saturated carbocycles. The molecular formula is C10H12ClN3O2. The second-order valence-electron chi connectivity index (χ2n) is 3.70. The second kappa shape index (κ2) is 4.76. The van der Waals surface area contributed by atoms with Gasteiger partial charge >= 0.3 is 0 Å². The molecule has 86 valence electrons. The van der Waals surface area contributed by atoms with E-state index in [1.807, 2.05) is 6.92 Å². The fourth-order valence-electron chi connectivity index (χ4n) is 1.68. The van der Waals surface area contributed by atoms with Crippen molar-refractivity contribution in [1.29, 1.82) is 0 Å². The van der Waals surface area contributed by atoms with E-state index in [9.17, 15) is 4.79 Å². The topological polar surface area (TPSA) is 64.1 Å². The molecule has 0 bridgehead atoms. The molecule has 0 aliphatic carbocycles. The number of amides is 1. The first-order chi connectivity index (χ1) is 7.66. The molecule has 1 N–H and O–H groups in total. The molecule has 1 fully saturated rings. The van der Waals surface area contributed by atoms with Crippen LogP contribution >= 0.6 is 11.6 Å². The summed E-state index contributed by atoms with van der Waals surface area (Å²) in [5, 5.41) is 10.4. The van der Waals surface area contributed by atoms with E-state index in [2.05, 4.69) is 15.5 Å². The van der Waals surface area contributed by atoms with Gasteiger partial charge in [0.1, 0.15) is 0 Å². The normalized spacial score (nSPS) is 24.4. The predicted octanol–water partition coefficient (Wildman–Crippen LogP) is 1.49. The van der Waals surface area contributed by atoms with Crippen LogP contribution in [0, 0.1) is 5.92 Å². The maximum atomic E-state index is 11.8. The van der Waals surface area contributed by atoms with Crippen molar-refractivity contribution in [3.05, 3.63) is 17.3 Å². The smallest absolute Gasteiger partial charge is 0.231 e. The first-order valence-corrected chi connectivity index (χ1v) is 5.46. The summed E-state index contributed by atoms with van der Waals surface area (Å²) in [7, 11) is 0. The molecule has 2 atom stereocenters. The molecule has 1 aromatic rings. The molecular weight excluding hydrogens is 230 g/mol. The average Bonchev–Trinajstić information content (AvgIpc) is 2.68. The van der Waals surface area contributed by atoms with Crippen molar-refractivity contribution in [2.24, 2.45) is 5.92 Å². The van der Waals surface area contributed by atoms with Crippen LogP contribution in [-0.4, -0.2) is 28.8 Å². The number of carbonyl (C=O) groups excluding carboxylic acids is 1. The van der Waals surface area contributed by atoms with E-state index < -0.39 is 0 Å². The van der Waals surface area contributed by atoms with Crippen LogP contribution in [0.3, 0.4) is 0 Å². The standard InChI is InChI=1S/C10H12ClN3O2/c1-6-7(4-5-16-6)10(15)12-9-3-2-8(11)13-14-9/h2-3,6-7H,4-5H2,1H3,(H,12,14,15). The van der Waals surface area contributed by atoms with Gasteiger partial charge in [0.25, 0.3) is 0 Å². The third-order valence-electron chi connectivity index (χ3n) is 2.60. The molecule has 5 nitrogen and oxygen atoms in total. The molecule has 1 aromatic heterocycles. The highest BCUT2D eigenvalue weighted by atomic mass is 35.5. The summed E-state index contributed by atoms with van der Waals surface area (Å²) in [4.78, 5) is 11.8. The zero-order valence-corrected chi connectivity index (χ0v) is 9.57. The van der Waals surface area contributed by atoms with Crippen LogP contribution in [-0.2, 0) is 9.53 Å². The zero-order chi connectivity index (χ0) is 11.5. The summed E-state index contributed by atoms with van der Waals surface area (Å²) in [5.74, 6) is 0.215. The van der Waals surface area contributed by atoms with E-state index in [-0.39, 0.29) is 17.9 Å². The fraction of sp³-hybridized carbons (Fsp3) is 0.500. The lowest BCUT2D eigenvalue weighted by atomic mass is 10.0. The molecule has 0 radical (unpaired) electrons. The van der Waals surface area contributed by atoms with Gasteiger partial charge in [-0.2, -0.15) is 0 Å². The number of halogens is 1. The number of carbonyl (C=O) groups is 1. The van der Waals surface area contributed by atoms with E-state index >= 15 is 0 Å². The zero-order valence-electron chi connectivity index (χ0n) is 8.81. The van der Waals surface area contributed by atoms with Crippen molar-refractivity contribution >= 4 is 23.3 Å². The van der Waals surface area contributed by atoms with Gasteiger partial charge in [-0.3, -0.25) is 4.79 Å². The van der Waals surface area contributed by atoms with Gasteiger partial charge in [-0.1, -0.05) is 11.6 Å². The molecule has 2 unspecified atom stereocenters. The SMILES string of the molecule is CC1OCCC1C(=O)Nc1ccc(Cl)nn1. The Hall–Kier alpha value is -1.20. The van der Waals surface area contributed by atoms with Gasteiger partial charge in [0, 0.05) is 6.61 Å². The summed E-state index contributed by atoms with van der Waals surface area (Å²) in [5.41, 5.74) is 0. The van der Waals surface area contributed by atoms with Gasteiger partial charge in [0.2, 0.25) is 5.91 Å². The molecule has 1 aliphatic rings. The molecule has 1 aliphatic heterocycles. The molecule has 16 heavy (non-hydrogen) atoms. The lowest BCUT2D eigenvalue weighted by molar-refractivity contribution is -0.121. The first-order valence-electron chi connectivity index (χ1n) is 5.08. The van der Waals surface area contributed by atoms with Crippen molar-refractivity contribution in [3.63, 3.8) is 0 Å². The number of nitrogens with one attached hydrogen (secondary N) is 1. The van der Waals surface area contributed by atoms with Gasteiger partial charge < -0.3 is 10.1 Å². The van der Waals surface area contributed by atoms with Crippen LogP contribution in [0.2, 0.25) is 5.15 Å². The van der Waals surface area contributed by atoms with Crippen molar-refractivity contribution in [1.82, 2.24) is 10.2 Å². The Bertz CT molecular complexity index is 382. The number of ether oxygens (including phenoxy) is 1. The lowest BCUT2D eigenvalue weighted by Gasteiger charge is -2.13. The molecule has 1 saturated heterocycles. The molecule has 2 heterocycles. The van der Waals surface area contributed by atoms with Crippen molar-refractivity contribution in [2.45, 2.75) is 19.4 Å². The maximum absolute atomic E-state index is 11.8. The van der Waals surface area contributed by atoms with Gasteiger partial charge in [0.15, 0.2) is 11.0 Å². The van der Waals surface area contributed by atoms with Crippen molar-refractivity contribution in [3.8, 4) is 0 Å². The predicted molar refractivity (Wildman–Crippen MR) is 59.2 cm³/mol. The number of aromatic nitrogens is 2. The Morgan fingerprint density at radius 1 is 1.56 bits per heavy atom. The highest BCUT2D eigenvalue weighted by Crippen LogP contribution is 2.21. The van der Waals surface area contributed by atoms with E-state index in [1.54, 1.807) is 12.1 Å². The quantitative estimate of drug-likeness (QED) is 0.852. The largest absolute Gasteiger partial charge is 0.378 e. The van der Waals surface area contributed by atoms with Crippen LogP contribution in [0.25, 0.3) is 0 Å². The summed E-state index contributed by atoms with van der Waals surface area (Å²) >= 11 is 5.59. The molecule has 2 rings (SSSR count). The van der Waals surface area contributed by atoms with Gasteiger partial charge in [-0.05, 0) is 25.5 Å². The Balaban J connectivity index is 1.99. The van der Waals surface area contributed by atoms with Crippen LogP contribution in [0.15, 0.2) is 12.1 Å². The second-order valence-corrected chi connectivity index (χ2v) is 4.09. The van der Waals surface area contributed by atoms with E-state index in [4.69, 9.17) is 16.3 Å². The maximum Gasteiger partial charge on any atom is 0.231 e. The lowest BCUT2D eigenvalue weighted by Crippen LogP contribution is -2.28. The van der Waals surface area contributed by atoms with Crippen LogP contribution in [0.4, 0.5) is 5.82 Å². The Labute approximate surface area is 98.2 Å². The minimum absolute atomic E-state index is 0.0414. The Morgan fingerprint density at radius 2 is 2.38 bits per heavy atom. The van der Waals surface area contributed by atoms with Crippen molar-refractivity contribution < 1.29 is 9.53 Å². The van der Waals surface area contributed by atoms with Crippen LogP contribution in [0.5, 0.6) is 0 Å². The van der Waals surface area contributed by atoms with E-state index in [1.165, 1.54) is 0 Å². The van der Waals surface area contributed by atoms with Gasteiger partial charge in [0.05, 0.1) is 12.0 Å². The summed E-state index contributed by atoms with van der Waals surface area (Å²) < 4.78 is 5.33. The van der Waals surface area contributed by atoms with E-state index in [0.717, 1.165) is 6.42 Å². The molecule has 1 amide bonds. The summed E-state index contributed by atoms with van der Waals surface area (Å²) in [6.45, 7) is 2.52. The van der Waals surface area contributed by atoms with Gasteiger partial charge in [-0.25, -0.2) is 0 Å². The fourth-order valence-corrected chi connectivity index (χ4v) is 1.78. The number of hydrogen-bond acceptors (Lipinski definition) is 4. The third-order valence-corrected chi connectivity index (χ3v) is 2.80. The average molecular weight is 242 g/mol. The minimum Gasteiger partial charge on any atom is -0.378 e. The Kier molecular flexibility index (Phi) is 3.36. The molecule has 0 spiro atoms. The highest BCUT2D eigenvalue weighted by Gasteiger charge is 2.30. The number of rotatable bonds is 2. The molecule has 6 heteroatoms. The van der Waals surface area contributed by atoms with E-state index in [0.29, 0.717) is 17.6 Å². The number of nitrogens with zero attached hydrogens (tertiary/aromatic N) is 2. The van der Waals surface area contributed by atoms with Gasteiger partial charge in [-0.15, -0.1) is 10.2 Å². The summed E-state index contributed by atoms with van der Waals surface area (Å²) in [6, 6.07) is 3.20. The third kappa shape index (κ3) is 2.48. The first kappa shape index (κ1) is 11.3.